The van der Waals surface area contributed by atoms with Gasteiger partial charge in [0, 0.05) is 29.9 Å². The van der Waals surface area contributed by atoms with E-state index in [1.54, 1.807) is 4.90 Å². The van der Waals surface area contributed by atoms with Gasteiger partial charge in [-0.25, -0.2) is 0 Å². The van der Waals surface area contributed by atoms with E-state index in [1.165, 1.54) is 11.8 Å². The number of amides is 2. The number of thioether (sulfide) groups is 1. The minimum Gasteiger partial charge on any atom is -0.355 e. The van der Waals surface area contributed by atoms with Crippen molar-refractivity contribution in [2.75, 3.05) is 19.6 Å². The average Bonchev–Trinajstić information content (AvgIpc) is 3.12. The van der Waals surface area contributed by atoms with Crippen molar-refractivity contribution in [2.24, 2.45) is 4.99 Å². The Morgan fingerprint density at radius 3 is 2.92 bits per heavy atom. The molecule has 0 spiro atoms. The molecule has 1 atom stereocenters. The third-order valence-electron chi connectivity index (χ3n) is 4.88. The summed E-state index contributed by atoms with van der Waals surface area (Å²) in [6.07, 6.45) is 2.26. The number of aliphatic imine (C=N–C) groups is 1. The number of hydrogen-bond acceptors (Lipinski definition) is 4. The third-order valence-corrected chi connectivity index (χ3v) is 6.43. The van der Waals surface area contributed by atoms with Gasteiger partial charge in [0.1, 0.15) is 5.25 Å². The number of nitrogens with zero attached hydrogens (tertiary/aromatic N) is 2. The Bertz CT molecular complexity index is 732. The van der Waals surface area contributed by atoms with Crippen LogP contribution >= 0.6 is 23.4 Å². The van der Waals surface area contributed by atoms with Crippen LogP contribution in [0.25, 0.3) is 0 Å². The minimum atomic E-state index is -0.334. The molecule has 0 bridgehead atoms. The number of nitrogens with one attached hydrogen (secondary N) is 1. The molecule has 2 aliphatic heterocycles. The van der Waals surface area contributed by atoms with Gasteiger partial charge in [-0.3, -0.25) is 19.5 Å². The molecule has 24 heavy (non-hydrogen) atoms. The number of halogens is 1. The molecule has 1 aliphatic carbocycles. The van der Waals surface area contributed by atoms with Crippen molar-refractivity contribution >= 4 is 40.3 Å². The van der Waals surface area contributed by atoms with E-state index in [1.807, 2.05) is 24.3 Å². The summed E-state index contributed by atoms with van der Waals surface area (Å²) < 4.78 is 0. The molecule has 0 radical (unpaired) electrons. The van der Waals surface area contributed by atoms with Crippen molar-refractivity contribution in [3.05, 3.63) is 34.9 Å². The van der Waals surface area contributed by atoms with E-state index < -0.39 is 0 Å². The van der Waals surface area contributed by atoms with Crippen LogP contribution in [0.5, 0.6) is 0 Å². The van der Waals surface area contributed by atoms with Gasteiger partial charge < -0.3 is 5.32 Å². The van der Waals surface area contributed by atoms with Crippen LogP contribution in [0.15, 0.2) is 29.3 Å². The van der Waals surface area contributed by atoms with Crippen LogP contribution in [0.4, 0.5) is 0 Å². The molecular formula is C17H18ClN3O2S. The van der Waals surface area contributed by atoms with Gasteiger partial charge in [0.15, 0.2) is 5.17 Å². The Morgan fingerprint density at radius 1 is 1.42 bits per heavy atom. The fraction of sp³-hybridized carbons (Fsp3) is 0.471. The van der Waals surface area contributed by atoms with Crippen LogP contribution < -0.4 is 5.32 Å². The summed E-state index contributed by atoms with van der Waals surface area (Å²) in [5.74, 6) is -0.0698. The van der Waals surface area contributed by atoms with Gasteiger partial charge in [-0.05, 0) is 24.5 Å². The van der Waals surface area contributed by atoms with Gasteiger partial charge in [-0.2, -0.15) is 0 Å². The lowest BCUT2D eigenvalue weighted by atomic mass is 9.96. The van der Waals surface area contributed by atoms with Crippen LogP contribution in [0.1, 0.15) is 24.8 Å². The number of hydrogen-bond donors (Lipinski definition) is 1. The predicted molar refractivity (Wildman–Crippen MR) is 95.4 cm³/mol. The Labute approximate surface area is 149 Å². The molecule has 2 fully saturated rings. The minimum absolute atomic E-state index is 0.0126. The second kappa shape index (κ2) is 6.08. The summed E-state index contributed by atoms with van der Waals surface area (Å²) in [7, 11) is 0. The summed E-state index contributed by atoms with van der Waals surface area (Å²) in [4.78, 5) is 30.5. The quantitative estimate of drug-likeness (QED) is 0.872. The van der Waals surface area contributed by atoms with E-state index in [-0.39, 0.29) is 28.9 Å². The monoisotopic (exact) mass is 363 g/mol. The highest BCUT2D eigenvalue weighted by atomic mass is 35.5. The lowest BCUT2D eigenvalue weighted by molar-refractivity contribution is -0.129. The first-order valence-corrected chi connectivity index (χ1v) is 9.39. The highest BCUT2D eigenvalue weighted by molar-refractivity contribution is 8.15. The third kappa shape index (κ3) is 2.82. The Kier molecular flexibility index (Phi) is 4.04. The van der Waals surface area contributed by atoms with Crippen LogP contribution in [0.3, 0.4) is 0 Å². The van der Waals surface area contributed by atoms with Crippen LogP contribution in [0, 0.1) is 0 Å². The van der Waals surface area contributed by atoms with Gasteiger partial charge in [-0.1, -0.05) is 41.6 Å². The van der Waals surface area contributed by atoms with Crippen LogP contribution in [-0.2, 0) is 15.0 Å². The lowest BCUT2D eigenvalue weighted by Gasteiger charge is -2.18. The SMILES string of the molecule is O=C(C[C@H]1SC2=NCCN2C1=O)NCC1(c2ccccc2Cl)CC1. The molecule has 2 amide bonds. The predicted octanol–water partition coefficient (Wildman–Crippen LogP) is 2.19. The number of fused-ring (bicyclic) bond motifs is 1. The zero-order valence-corrected chi connectivity index (χ0v) is 14.7. The second-order valence-corrected chi connectivity index (χ2v) is 8.08. The van der Waals surface area contributed by atoms with Crippen molar-refractivity contribution in [3.8, 4) is 0 Å². The highest BCUT2D eigenvalue weighted by Crippen LogP contribution is 2.49. The fourth-order valence-corrected chi connectivity index (χ4v) is 4.83. The maximum atomic E-state index is 12.3. The molecule has 1 saturated carbocycles. The number of amidine groups is 1. The highest BCUT2D eigenvalue weighted by Gasteiger charge is 2.46. The molecule has 0 aromatic heterocycles. The number of carbonyl (C=O) groups is 2. The van der Waals surface area contributed by atoms with Crippen molar-refractivity contribution in [1.29, 1.82) is 0 Å². The fourth-order valence-electron chi connectivity index (χ4n) is 3.30. The summed E-state index contributed by atoms with van der Waals surface area (Å²) in [6, 6.07) is 7.81. The molecule has 4 rings (SSSR count). The largest absolute Gasteiger partial charge is 0.355 e. The summed E-state index contributed by atoms with van der Waals surface area (Å²) in [5, 5.41) is 4.19. The van der Waals surface area contributed by atoms with Crippen LogP contribution in [-0.4, -0.2) is 46.8 Å². The van der Waals surface area contributed by atoms with Gasteiger partial charge >= 0.3 is 0 Å². The van der Waals surface area contributed by atoms with Gasteiger partial charge in [0.2, 0.25) is 11.8 Å². The lowest BCUT2D eigenvalue weighted by Crippen LogP contribution is -2.36. The van der Waals surface area contributed by atoms with Gasteiger partial charge in [-0.15, -0.1) is 0 Å². The van der Waals surface area contributed by atoms with Gasteiger partial charge in [0.25, 0.3) is 0 Å². The molecule has 2 heterocycles. The number of rotatable bonds is 5. The summed E-state index contributed by atoms with van der Waals surface area (Å²) >= 11 is 7.71. The maximum Gasteiger partial charge on any atom is 0.242 e. The molecule has 1 aromatic carbocycles. The molecule has 1 saturated heterocycles. The first kappa shape index (κ1) is 16.0. The number of benzene rings is 1. The van der Waals surface area contributed by atoms with E-state index in [0.29, 0.717) is 19.6 Å². The zero-order valence-electron chi connectivity index (χ0n) is 13.1. The van der Waals surface area contributed by atoms with E-state index in [9.17, 15) is 9.59 Å². The molecule has 5 nitrogen and oxygen atoms in total. The van der Waals surface area contributed by atoms with E-state index in [0.717, 1.165) is 28.6 Å². The van der Waals surface area contributed by atoms with Crippen LogP contribution in [0.2, 0.25) is 5.02 Å². The Balaban J connectivity index is 1.34. The van der Waals surface area contributed by atoms with Crippen molar-refractivity contribution < 1.29 is 9.59 Å². The van der Waals surface area contributed by atoms with Crippen molar-refractivity contribution in [2.45, 2.75) is 29.9 Å². The zero-order chi connectivity index (χ0) is 16.7. The van der Waals surface area contributed by atoms with E-state index in [4.69, 9.17) is 11.6 Å². The molecule has 1 aromatic rings. The molecular weight excluding hydrogens is 346 g/mol. The first-order chi connectivity index (χ1) is 11.6. The second-order valence-electron chi connectivity index (χ2n) is 6.50. The average molecular weight is 364 g/mol. The first-order valence-electron chi connectivity index (χ1n) is 8.13. The number of carbonyl (C=O) groups excluding carboxylic acids is 2. The molecule has 7 heteroatoms. The summed E-state index contributed by atoms with van der Waals surface area (Å²) in [6.45, 7) is 1.90. The Hall–Kier alpha value is -1.53. The van der Waals surface area contributed by atoms with Gasteiger partial charge in [0.05, 0.1) is 6.54 Å². The molecule has 126 valence electrons. The Morgan fingerprint density at radius 2 is 2.21 bits per heavy atom. The molecule has 3 aliphatic rings. The molecule has 0 unspecified atom stereocenters. The molecule has 1 N–H and O–H groups in total. The van der Waals surface area contributed by atoms with Crippen molar-refractivity contribution in [1.82, 2.24) is 10.2 Å². The maximum absolute atomic E-state index is 12.3. The standard InChI is InChI=1S/C17H18ClN3O2S/c18-12-4-2-1-3-11(12)17(5-6-17)10-20-14(22)9-13-15(23)21-8-7-19-16(21)24-13/h1-4,13H,5-10H2,(H,20,22)/t13-/m1/s1. The normalized spacial score (nSPS) is 23.9. The van der Waals surface area contributed by atoms with Crippen molar-refractivity contribution in [3.63, 3.8) is 0 Å². The van der Waals surface area contributed by atoms with E-state index in [2.05, 4.69) is 10.3 Å². The topological polar surface area (TPSA) is 61.8 Å². The smallest absolute Gasteiger partial charge is 0.242 e. The summed E-state index contributed by atoms with van der Waals surface area (Å²) in [5.41, 5.74) is 1.07. The van der Waals surface area contributed by atoms with E-state index >= 15 is 0 Å².